The van der Waals surface area contributed by atoms with E-state index >= 15 is 0 Å². The molecule has 0 amide bonds. The molecule has 0 bridgehead atoms. The molecule has 102 valence electrons. The number of nitrogens with zero attached hydrogens (tertiary/aromatic N) is 3. The minimum atomic E-state index is 0.831. The van der Waals surface area contributed by atoms with Crippen LogP contribution in [0.1, 0.15) is 16.7 Å². The van der Waals surface area contributed by atoms with Crippen LogP contribution < -0.4 is 0 Å². The van der Waals surface area contributed by atoms with E-state index in [9.17, 15) is 0 Å². The summed E-state index contributed by atoms with van der Waals surface area (Å²) in [4.78, 5) is 0. The maximum absolute atomic E-state index is 4.35. The Balaban J connectivity index is 1.71. The number of benzene rings is 2. The number of fused-ring (bicyclic) bond motifs is 1. The van der Waals surface area contributed by atoms with Crippen molar-refractivity contribution in [2.45, 2.75) is 19.9 Å². The molecule has 0 atom stereocenters. The summed E-state index contributed by atoms with van der Waals surface area (Å²) < 4.78 is 1.14. The smallest absolute Gasteiger partial charge is 0.0874 e. The summed E-state index contributed by atoms with van der Waals surface area (Å²) in [7, 11) is 0. The molecule has 1 heterocycles. The molecule has 1 aliphatic heterocycles. The Labute approximate surface area is 127 Å². The third kappa shape index (κ3) is 3.07. The van der Waals surface area contributed by atoms with Crippen LogP contribution in [0.15, 0.2) is 57.3 Å². The van der Waals surface area contributed by atoms with Crippen molar-refractivity contribution in [3.8, 4) is 0 Å². The SMILES string of the molecule is Cc1ccc(N=NN2CCc3cc(Br)ccc3C2)cc1. The Kier molecular flexibility index (Phi) is 3.83. The first-order valence-electron chi connectivity index (χ1n) is 6.71. The highest BCUT2D eigenvalue weighted by Crippen LogP contribution is 2.23. The summed E-state index contributed by atoms with van der Waals surface area (Å²) in [5.41, 5.74) is 4.88. The van der Waals surface area contributed by atoms with Gasteiger partial charge in [0, 0.05) is 11.0 Å². The van der Waals surface area contributed by atoms with E-state index in [0.29, 0.717) is 0 Å². The van der Waals surface area contributed by atoms with Crippen molar-refractivity contribution in [2.75, 3.05) is 6.54 Å². The van der Waals surface area contributed by atoms with E-state index in [-0.39, 0.29) is 0 Å². The Bertz CT molecular complexity index is 635. The van der Waals surface area contributed by atoms with E-state index in [2.05, 4.69) is 63.5 Å². The van der Waals surface area contributed by atoms with E-state index in [1.54, 1.807) is 0 Å². The number of hydrogen-bond acceptors (Lipinski definition) is 2. The molecule has 3 nitrogen and oxygen atoms in total. The first kappa shape index (κ1) is 13.3. The van der Waals surface area contributed by atoms with Gasteiger partial charge in [-0.15, -0.1) is 5.11 Å². The molecule has 1 aliphatic rings. The largest absolute Gasteiger partial charge is 0.274 e. The summed E-state index contributed by atoms with van der Waals surface area (Å²) in [6.07, 6.45) is 1.02. The van der Waals surface area contributed by atoms with Crippen LogP contribution in [0, 0.1) is 6.92 Å². The van der Waals surface area contributed by atoms with E-state index in [0.717, 1.165) is 29.7 Å². The zero-order valence-corrected chi connectivity index (χ0v) is 13.0. The molecule has 20 heavy (non-hydrogen) atoms. The van der Waals surface area contributed by atoms with Crippen LogP contribution in [-0.2, 0) is 13.0 Å². The van der Waals surface area contributed by atoms with Gasteiger partial charge < -0.3 is 0 Å². The molecule has 0 spiro atoms. The molecular weight excluding hydrogens is 314 g/mol. The van der Waals surface area contributed by atoms with Gasteiger partial charge in [0.25, 0.3) is 0 Å². The fourth-order valence-electron chi connectivity index (χ4n) is 2.31. The van der Waals surface area contributed by atoms with Gasteiger partial charge in [0.2, 0.25) is 0 Å². The van der Waals surface area contributed by atoms with Crippen LogP contribution in [0.3, 0.4) is 0 Å². The average molecular weight is 330 g/mol. The van der Waals surface area contributed by atoms with E-state index in [1.165, 1.54) is 16.7 Å². The summed E-state index contributed by atoms with van der Waals surface area (Å²) in [6.45, 7) is 3.82. The standard InChI is InChI=1S/C16H16BrN3/c1-12-2-6-16(7-3-12)18-19-20-9-8-13-10-15(17)5-4-14(13)11-20/h2-7,10H,8-9,11H2,1H3. The van der Waals surface area contributed by atoms with Gasteiger partial charge in [-0.1, -0.05) is 44.9 Å². The Morgan fingerprint density at radius 1 is 1.05 bits per heavy atom. The molecule has 0 fully saturated rings. The molecule has 3 rings (SSSR count). The average Bonchev–Trinajstić information content (AvgIpc) is 2.46. The Morgan fingerprint density at radius 2 is 1.85 bits per heavy atom. The van der Waals surface area contributed by atoms with Crippen molar-refractivity contribution in [3.63, 3.8) is 0 Å². The van der Waals surface area contributed by atoms with Gasteiger partial charge in [-0.05, 0) is 48.7 Å². The molecule has 0 radical (unpaired) electrons. The second-order valence-corrected chi connectivity index (χ2v) is 5.99. The quantitative estimate of drug-likeness (QED) is 0.726. The lowest BCUT2D eigenvalue weighted by Gasteiger charge is -2.25. The van der Waals surface area contributed by atoms with Crippen molar-refractivity contribution in [1.29, 1.82) is 0 Å². The van der Waals surface area contributed by atoms with Crippen LogP contribution >= 0.6 is 15.9 Å². The fourth-order valence-corrected chi connectivity index (χ4v) is 2.72. The fraction of sp³-hybridized carbons (Fsp3) is 0.250. The van der Waals surface area contributed by atoms with Gasteiger partial charge in [0.1, 0.15) is 0 Å². The lowest BCUT2D eigenvalue weighted by molar-refractivity contribution is 0.250. The molecule has 0 N–H and O–H groups in total. The Morgan fingerprint density at radius 3 is 2.65 bits per heavy atom. The van der Waals surface area contributed by atoms with Gasteiger partial charge in [-0.2, -0.15) is 0 Å². The van der Waals surface area contributed by atoms with E-state index in [4.69, 9.17) is 0 Å². The molecule has 4 heteroatoms. The van der Waals surface area contributed by atoms with Crippen LogP contribution in [0.2, 0.25) is 0 Å². The number of halogens is 1. The summed E-state index contributed by atoms with van der Waals surface area (Å²) in [5.74, 6) is 0. The molecular formula is C16H16BrN3. The van der Waals surface area contributed by atoms with Gasteiger partial charge in [-0.3, -0.25) is 5.01 Å². The molecule has 2 aromatic rings. The second-order valence-electron chi connectivity index (χ2n) is 5.08. The van der Waals surface area contributed by atoms with Crippen molar-refractivity contribution >= 4 is 21.6 Å². The van der Waals surface area contributed by atoms with Crippen molar-refractivity contribution in [3.05, 3.63) is 63.6 Å². The van der Waals surface area contributed by atoms with Gasteiger partial charge in [0.15, 0.2) is 0 Å². The maximum atomic E-state index is 4.35. The lowest BCUT2D eigenvalue weighted by Crippen LogP contribution is -2.25. The summed E-state index contributed by atoms with van der Waals surface area (Å²) >= 11 is 3.52. The van der Waals surface area contributed by atoms with Crippen LogP contribution in [0.5, 0.6) is 0 Å². The second kappa shape index (κ2) is 5.75. The first-order chi connectivity index (χ1) is 9.70. The van der Waals surface area contributed by atoms with Crippen LogP contribution in [-0.4, -0.2) is 11.6 Å². The summed E-state index contributed by atoms with van der Waals surface area (Å²) in [6, 6.07) is 14.5. The van der Waals surface area contributed by atoms with Gasteiger partial charge in [0.05, 0.1) is 12.2 Å². The van der Waals surface area contributed by atoms with Crippen molar-refractivity contribution in [2.24, 2.45) is 10.3 Å². The highest BCUT2D eigenvalue weighted by molar-refractivity contribution is 9.10. The number of hydrogen-bond donors (Lipinski definition) is 0. The zero-order valence-electron chi connectivity index (χ0n) is 11.4. The van der Waals surface area contributed by atoms with E-state index in [1.807, 2.05) is 17.1 Å². The minimum absolute atomic E-state index is 0.831. The minimum Gasteiger partial charge on any atom is -0.274 e. The van der Waals surface area contributed by atoms with Crippen LogP contribution in [0.4, 0.5) is 5.69 Å². The Hall–Kier alpha value is -1.68. The van der Waals surface area contributed by atoms with Crippen LogP contribution in [0.25, 0.3) is 0 Å². The van der Waals surface area contributed by atoms with Gasteiger partial charge >= 0.3 is 0 Å². The predicted molar refractivity (Wildman–Crippen MR) is 84.0 cm³/mol. The number of rotatable bonds is 2. The molecule has 0 saturated carbocycles. The zero-order chi connectivity index (χ0) is 13.9. The van der Waals surface area contributed by atoms with Crippen molar-refractivity contribution < 1.29 is 0 Å². The highest BCUT2D eigenvalue weighted by atomic mass is 79.9. The molecule has 0 aliphatic carbocycles. The third-order valence-corrected chi connectivity index (χ3v) is 3.97. The summed E-state index contributed by atoms with van der Waals surface area (Å²) in [5, 5.41) is 10.7. The van der Waals surface area contributed by atoms with E-state index < -0.39 is 0 Å². The maximum Gasteiger partial charge on any atom is 0.0874 e. The van der Waals surface area contributed by atoms with Crippen molar-refractivity contribution in [1.82, 2.24) is 5.01 Å². The lowest BCUT2D eigenvalue weighted by atomic mass is 10.0. The number of aryl methyl sites for hydroxylation is 1. The first-order valence-corrected chi connectivity index (χ1v) is 7.50. The molecule has 0 aromatic heterocycles. The normalized spacial score (nSPS) is 14.6. The molecule has 2 aromatic carbocycles. The predicted octanol–water partition coefficient (Wildman–Crippen LogP) is 4.81. The topological polar surface area (TPSA) is 28.0 Å². The highest BCUT2D eigenvalue weighted by Gasteiger charge is 2.14. The third-order valence-electron chi connectivity index (χ3n) is 3.48. The van der Waals surface area contributed by atoms with Gasteiger partial charge in [-0.25, -0.2) is 0 Å². The molecule has 0 unspecified atom stereocenters. The monoisotopic (exact) mass is 329 g/mol. The molecule has 0 saturated heterocycles.